The van der Waals surface area contributed by atoms with E-state index in [0.717, 1.165) is 46.5 Å². The smallest absolute Gasteiger partial charge is 0.319 e. The second kappa shape index (κ2) is 10.3. The minimum Gasteiger partial charge on any atom is -0.335 e. The van der Waals surface area contributed by atoms with Crippen LogP contribution in [0.1, 0.15) is 59.6 Å². The van der Waals surface area contributed by atoms with Crippen LogP contribution >= 0.6 is 0 Å². The molecule has 0 bridgehead atoms. The maximum absolute atomic E-state index is 12.8. The van der Waals surface area contributed by atoms with E-state index in [9.17, 15) is 9.59 Å². The van der Waals surface area contributed by atoms with E-state index in [4.69, 9.17) is 0 Å². The molecule has 0 saturated heterocycles. The van der Waals surface area contributed by atoms with Gasteiger partial charge in [-0.1, -0.05) is 42.3 Å². The third kappa shape index (κ3) is 6.28. The number of nitrogens with one attached hydrogen (secondary N) is 4. The van der Waals surface area contributed by atoms with Gasteiger partial charge in [0.1, 0.15) is 0 Å². The fourth-order valence-corrected chi connectivity index (χ4v) is 5.06. The first-order chi connectivity index (χ1) is 15.5. The lowest BCUT2D eigenvalue weighted by atomic mass is 9.83. The summed E-state index contributed by atoms with van der Waals surface area (Å²) < 4.78 is 0. The summed E-state index contributed by atoms with van der Waals surface area (Å²) in [6.45, 7) is 14.3. The summed E-state index contributed by atoms with van der Waals surface area (Å²) in [5.41, 5.74) is 8.30. The van der Waals surface area contributed by atoms with Crippen molar-refractivity contribution in [3.8, 4) is 0 Å². The Morgan fingerprint density at radius 2 is 1.12 bits per heavy atom. The summed E-state index contributed by atoms with van der Waals surface area (Å²) in [4.78, 5) is 25.5. The van der Waals surface area contributed by atoms with Gasteiger partial charge in [0, 0.05) is 23.5 Å². The monoisotopic (exact) mass is 450 g/mol. The lowest BCUT2D eigenvalue weighted by Crippen LogP contribution is -2.50. The van der Waals surface area contributed by atoms with Crippen LogP contribution in [-0.4, -0.2) is 24.1 Å². The molecule has 1 saturated carbocycles. The Morgan fingerprint density at radius 1 is 0.697 bits per heavy atom. The number of urea groups is 2. The molecule has 0 spiro atoms. The first-order valence-corrected chi connectivity index (χ1v) is 11.8. The first kappa shape index (κ1) is 24.6. The molecule has 33 heavy (non-hydrogen) atoms. The number of aryl methyl sites for hydroxylation is 6. The van der Waals surface area contributed by atoms with Crippen LogP contribution in [0.3, 0.4) is 0 Å². The Labute approximate surface area is 197 Å². The highest BCUT2D eigenvalue weighted by Crippen LogP contribution is 2.26. The lowest BCUT2D eigenvalue weighted by molar-refractivity contribution is 0.213. The number of carbonyl (C=O) groups excluding carboxylic acids is 2. The molecule has 4 N–H and O–H groups in total. The second-order valence-corrected chi connectivity index (χ2v) is 9.84. The topological polar surface area (TPSA) is 82.3 Å². The van der Waals surface area contributed by atoms with Gasteiger partial charge in [-0.25, -0.2) is 9.59 Å². The summed E-state index contributed by atoms with van der Waals surface area (Å²) in [7, 11) is 0. The van der Waals surface area contributed by atoms with E-state index in [2.05, 4.69) is 66.3 Å². The molecular weight excluding hydrogens is 412 g/mol. The molecule has 3 atom stereocenters. The van der Waals surface area contributed by atoms with Crippen LogP contribution in [0.25, 0.3) is 0 Å². The molecule has 3 rings (SSSR count). The minimum atomic E-state index is -0.196. The fraction of sp³-hybridized carbons (Fsp3) is 0.481. The zero-order valence-electron chi connectivity index (χ0n) is 21.0. The second-order valence-electron chi connectivity index (χ2n) is 9.84. The number of hydrogen-bond donors (Lipinski definition) is 4. The summed E-state index contributed by atoms with van der Waals surface area (Å²) in [6, 6.07) is 7.90. The van der Waals surface area contributed by atoms with Crippen LogP contribution in [0.4, 0.5) is 21.0 Å². The molecule has 6 nitrogen and oxygen atoms in total. The number of benzene rings is 2. The van der Waals surface area contributed by atoms with Gasteiger partial charge in [-0.15, -0.1) is 0 Å². The van der Waals surface area contributed by atoms with Gasteiger partial charge in [0.05, 0.1) is 0 Å². The highest BCUT2D eigenvalue weighted by atomic mass is 16.2. The molecule has 0 radical (unpaired) electrons. The number of anilines is 2. The maximum Gasteiger partial charge on any atom is 0.319 e. The predicted molar refractivity (Wildman–Crippen MR) is 136 cm³/mol. The first-order valence-electron chi connectivity index (χ1n) is 11.8. The van der Waals surface area contributed by atoms with Crippen molar-refractivity contribution in [1.82, 2.24) is 10.6 Å². The van der Waals surface area contributed by atoms with E-state index in [1.54, 1.807) is 0 Å². The zero-order valence-corrected chi connectivity index (χ0v) is 21.0. The molecule has 3 unspecified atom stereocenters. The Hall–Kier alpha value is -3.02. The van der Waals surface area contributed by atoms with Gasteiger partial charge in [-0.05, 0) is 89.0 Å². The SMILES string of the molecule is Cc1cc(C)c(NC(=O)NC2CCC(C)C(NC(=O)Nc3c(C)cc(C)cc3C)C2)c(C)c1. The van der Waals surface area contributed by atoms with Crippen molar-refractivity contribution < 1.29 is 9.59 Å². The van der Waals surface area contributed by atoms with Crippen LogP contribution in [-0.2, 0) is 0 Å². The van der Waals surface area contributed by atoms with Crippen molar-refractivity contribution in [3.63, 3.8) is 0 Å². The van der Waals surface area contributed by atoms with Gasteiger partial charge in [0.25, 0.3) is 0 Å². The Bertz CT molecular complexity index is 1000. The van der Waals surface area contributed by atoms with Crippen molar-refractivity contribution in [3.05, 3.63) is 57.6 Å². The largest absolute Gasteiger partial charge is 0.335 e. The predicted octanol–water partition coefficient (Wildman–Crippen LogP) is 6.04. The molecule has 2 aromatic rings. The van der Waals surface area contributed by atoms with E-state index >= 15 is 0 Å². The number of carbonyl (C=O) groups is 2. The molecule has 0 aliphatic heterocycles. The maximum atomic E-state index is 12.8. The van der Waals surface area contributed by atoms with Gasteiger partial charge in [0.15, 0.2) is 0 Å². The fourth-order valence-electron chi connectivity index (χ4n) is 5.06. The van der Waals surface area contributed by atoms with Gasteiger partial charge in [0.2, 0.25) is 0 Å². The minimum absolute atomic E-state index is 0.00189. The van der Waals surface area contributed by atoms with Gasteiger partial charge >= 0.3 is 12.1 Å². The Balaban J connectivity index is 1.58. The number of hydrogen-bond acceptors (Lipinski definition) is 2. The molecule has 4 amide bonds. The van der Waals surface area contributed by atoms with Gasteiger partial charge in [-0.3, -0.25) is 0 Å². The summed E-state index contributed by atoms with van der Waals surface area (Å²) >= 11 is 0. The third-order valence-corrected chi connectivity index (χ3v) is 6.68. The van der Waals surface area contributed by atoms with Crippen molar-refractivity contribution in [2.24, 2.45) is 5.92 Å². The Morgan fingerprint density at radius 3 is 1.58 bits per heavy atom. The highest BCUT2D eigenvalue weighted by molar-refractivity contribution is 5.92. The van der Waals surface area contributed by atoms with Gasteiger partial charge in [-0.2, -0.15) is 0 Å². The van der Waals surface area contributed by atoms with E-state index in [-0.39, 0.29) is 24.1 Å². The van der Waals surface area contributed by atoms with Crippen LogP contribution in [0.5, 0.6) is 0 Å². The molecule has 1 aliphatic carbocycles. The van der Waals surface area contributed by atoms with E-state index in [0.29, 0.717) is 12.3 Å². The molecule has 2 aromatic carbocycles. The van der Waals surface area contributed by atoms with Crippen LogP contribution in [0, 0.1) is 47.5 Å². The van der Waals surface area contributed by atoms with Gasteiger partial charge < -0.3 is 21.3 Å². The summed E-state index contributed by atoms with van der Waals surface area (Å²) in [5.74, 6) is 0.346. The molecule has 0 heterocycles. The molecule has 0 aromatic heterocycles. The highest BCUT2D eigenvalue weighted by Gasteiger charge is 2.30. The number of rotatable bonds is 4. The summed E-state index contributed by atoms with van der Waals surface area (Å²) in [5, 5.41) is 12.3. The van der Waals surface area contributed by atoms with Crippen molar-refractivity contribution >= 4 is 23.4 Å². The van der Waals surface area contributed by atoms with Crippen molar-refractivity contribution in [2.75, 3.05) is 10.6 Å². The van der Waals surface area contributed by atoms with Crippen molar-refractivity contribution in [1.29, 1.82) is 0 Å². The third-order valence-electron chi connectivity index (χ3n) is 6.68. The average molecular weight is 451 g/mol. The van der Waals surface area contributed by atoms with Crippen LogP contribution in [0.15, 0.2) is 24.3 Å². The standard InChI is InChI=1S/C27H38N4O2/c1-15-10-18(4)24(19(5)11-15)30-26(32)28-22-9-8-17(3)23(14-22)29-27(33)31-25-20(6)12-16(2)13-21(25)7/h10-13,17,22-23H,8-9,14H2,1-7H3,(H2,28,30,32)(H2,29,31,33). The quantitative estimate of drug-likeness (QED) is 0.458. The van der Waals surface area contributed by atoms with Crippen molar-refractivity contribution in [2.45, 2.75) is 79.8 Å². The lowest BCUT2D eigenvalue weighted by Gasteiger charge is -2.35. The molecule has 6 heteroatoms. The summed E-state index contributed by atoms with van der Waals surface area (Å²) in [6.07, 6.45) is 2.55. The normalized spacial score (nSPS) is 20.2. The molecule has 1 fully saturated rings. The molecular formula is C27H38N4O2. The van der Waals surface area contributed by atoms with E-state index in [1.807, 2.05) is 27.7 Å². The number of amides is 4. The van der Waals surface area contributed by atoms with Crippen LogP contribution in [0.2, 0.25) is 0 Å². The molecule has 178 valence electrons. The van der Waals surface area contributed by atoms with E-state index in [1.165, 1.54) is 11.1 Å². The van der Waals surface area contributed by atoms with E-state index < -0.39 is 0 Å². The molecule has 1 aliphatic rings. The zero-order chi connectivity index (χ0) is 24.3. The Kier molecular flexibility index (Phi) is 7.67. The average Bonchev–Trinajstić information content (AvgIpc) is 2.70. The van der Waals surface area contributed by atoms with Crippen LogP contribution < -0.4 is 21.3 Å².